The first-order valence-electron chi connectivity index (χ1n) is 5.69. The van der Waals surface area contributed by atoms with Crippen molar-refractivity contribution in [1.82, 2.24) is 4.98 Å². The Morgan fingerprint density at radius 2 is 1.89 bits per heavy atom. The molecule has 88 valence electrons. The zero-order valence-electron chi connectivity index (χ0n) is 9.60. The van der Waals surface area contributed by atoms with E-state index in [4.69, 9.17) is 0 Å². The summed E-state index contributed by atoms with van der Waals surface area (Å²) in [4.78, 5) is 7.34. The van der Waals surface area contributed by atoms with Gasteiger partial charge in [-0.15, -0.1) is 0 Å². The van der Waals surface area contributed by atoms with Crippen LogP contribution in [0.15, 0.2) is 59.7 Å². The van der Waals surface area contributed by atoms with Crippen LogP contribution in [0, 0.1) is 5.82 Å². The van der Waals surface area contributed by atoms with Gasteiger partial charge >= 0.3 is 0 Å². The zero-order valence-corrected chi connectivity index (χ0v) is 9.60. The van der Waals surface area contributed by atoms with Crippen molar-refractivity contribution in [2.24, 2.45) is 4.99 Å². The number of benzene rings is 2. The number of hydrogen-bond donors (Lipinski definition) is 1. The summed E-state index contributed by atoms with van der Waals surface area (Å²) in [6.45, 7) is 0. The number of aromatic amines is 1. The maximum absolute atomic E-state index is 13.4. The molecule has 1 heterocycles. The maximum Gasteiger partial charge on any atom is 0.148 e. The Morgan fingerprint density at radius 1 is 1.00 bits per heavy atom. The fourth-order valence-corrected chi connectivity index (χ4v) is 1.91. The average Bonchev–Trinajstić information content (AvgIpc) is 2.86. The van der Waals surface area contributed by atoms with Gasteiger partial charge in [0.05, 0.1) is 11.2 Å². The summed E-state index contributed by atoms with van der Waals surface area (Å²) in [6.07, 6.45) is 3.56. The number of rotatable bonds is 2. The van der Waals surface area contributed by atoms with Gasteiger partial charge in [-0.05, 0) is 18.2 Å². The maximum atomic E-state index is 13.4. The monoisotopic (exact) mass is 238 g/mol. The molecule has 0 aliphatic heterocycles. The van der Waals surface area contributed by atoms with Crippen LogP contribution >= 0.6 is 0 Å². The van der Waals surface area contributed by atoms with Crippen molar-refractivity contribution >= 4 is 22.8 Å². The largest absolute Gasteiger partial charge is 0.361 e. The minimum absolute atomic E-state index is 0.313. The summed E-state index contributed by atoms with van der Waals surface area (Å²) < 4.78 is 13.4. The molecule has 0 spiro atoms. The van der Waals surface area contributed by atoms with Crippen LogP contribution in [0.5, 0.6) is 0 Å². The lowest BCUT2D eigenvalue weighted by molar-refractivity contribution is 0.630. The van der Waals surface area contributed by atoms with Crippen molar-refractivity contribution in [1.29, 1.82) is 0 Å². The Morgan fingerprint density at radius 3 is 2.78 bits per heavy atom. The van der Waals surface area contributed by atoms with Gasteiger partial charge in [0.25, 0.3) is 0 Å². The van der Waals surface area contributed by atoms with Gasteiger partial charge in [-0.1, -0.05) is 30.3 Å². The Bertz CT molecular complexity index is 713. The molecule has 0 aliphatic carbocycles. The van der Waals surface area contributed by atoms with E-state index in [1.807, 2.05) is 30.5 Å². The standard InChI is InChI=1S/C15H11FN2/c16-13-6-1-2-7-14(13)18-10-12-5-3-4-11-8-9-17-15(11)12/h1-10,17H. The van der Waals surface area contributed by atoms with Crippen LogP contribution < -0.4 is 0 Å². The third kappa shape index (κ3) is 1.91. The Kier molecular flexibility index (Phi) is 2.65. The fourth-order valence-electron chi connectivity index (χ4n) is 1.91. The Labute approximate surface area is 104 Å². The van der Waals surface area contributed by atoms with Crippen molar-refractivity contribution in [2.45, 2.75) is 0 Å². The van der Waals surface area contributed by atoms with Crippen molar-refractivity contribution < 1.29 is 4.39 Å². The zero-order chi connectivity index (χ0) is 12.4. The normalized spacial score (nSPS) is 11.4. The molecule has 0 saturated heterocycles. The molecule has 0 aliphatic rings. The first-order chi connectivity index (χ1) is 8.84. The van der Waals surface area contributed by atoms with Crippen LogP contribution in [0.2, 0.25) is 0 Å². The molecule has 0 atom stereocenters. The Hall–Kier alpha value is -2.42. The summed E-state index contributed by atoms with van der Waals surface area (Å²) in [5, 5.41) is 1.12. The molecular weight excluding hydrogens is 227 g/mol. The van der Waals surface area contributed by atoms with Gasteiger partial charge in [-0.25, -0.2) is 4.39 Å². The van der Waals surface area contributed by atoms with E-state index in [0.29, 0.717) is 5.69 Å². The quantitative estimate of drug-likeness (QED) is 0.652. The van der Waals surface area contributed by atoms with Crippen LogP contribution in [0.25, 0.3) is 10.9 Å². The predicted molar refractivity (Wildman–Crippen MR) is 72.0 cm³/mol. The number of nitrogens with one attached hydrogen (secondary N) is 1. The Balaban J connectivity index is 2.02. The number of halogens is 1. The second-order valence-corrected chi connectivity index (χ2v) is 4.00. The number of H-pyrrole nitrogens is 1. The highest BCUT2D eigenvalue weighted by molar-refractivity contribution is 5.98. The molecule has 3 aromatic rings. The van der Waals surface area contributed by atoms with Crippen molar-refractivity contribution in [3.8, 4) is 0 Å². The molecule has 3 heteroatoms. The van der Waals surface area contributed by atoms with Gasteiger partial charge in [0.1, 0.15) is 5.82 Å². The highest BCUT2D eigenvalue weighted by Gasteiger charge is 2.00. The first kappa shape index (κ1) is 10.7. The number of aliphatic imine (C=N–C) groups is 1. The summed E-state index contributed by atoms with van der Waals surface area (Å²) in [6, 6.07) is 14.4. The SMILES string of the molecule is Fc1ccccc1N=Cc1cccc2cc[nH]c12. The van der Waals surface area contributed by atoms with Gasteiger partial charge in [-0.3, -0.25) is 4.99 Å². The van der Waals surface area contributed by atoms with Crippen LogP contribution in [0.4, 0.5) is 10.1 Å². The van der Waals surface area contributed by atoms with E-state index >= 15 is 0 Å². The van der Waals surface area contributed by atoms with Gasteiger partial charge in [0.2, 0.25) is 0 Å². The molecule has 1 aromatic heterocycles. The van der Waals surface area contributed by atoms with Crippen LogP contribution in [-0.4, -0.2) is 11.2 Å². The second-order valence-electron chi connectivity index (χ2n) is 4.00. The number of aromatic nitrogens is 1. The summed E-state index contributed by atoms with van der Waals surface area (Å²) >= 11 is 0. The lowest BCUT2D eigenvalue weighted by Crippen LogP contribution is -1.83. The molecule has 3 rings (SSSR count). The molecule has 0 amide bonds. The topological polar surface area (TPSA) is 28.1 Å². The van der Waals surface area contributed by atoms with Gasteiger partial charge in [0.15, 0.2) is 0 Å². The lowest BCUT2D eigenvalue weighted by atomic mass is 10.1. The van der Waals surface area contributed by atoms with Gasteiger partial charge in [-0.2, -0.15) is 0 Å². The van der Waals surface area contributed by atoms with Crippen LogP contribution in [0.3, 0.4) is 0 Å². The predicted octanol–water partition coefficient (Wildman–Crippen LogP) is 4.06. The molecule has 0 saturated carbocycles. The number of nitrogens with zero attached hydrogens (tertiary/aromatic N) is 1. The van der Waals surface area contributed by atoms with E-state index in [2.05, 4.69) is 9.98 Å². The summed E-state index contributed by atoms with van der Waals surface area (Å²) in [7, 11) is 0. The molecule has 0 bridgehead atoms. The molecule has 0 unspecified atom stereocenters. The minimum atomic E-state index is -0.313. The second kappa shape index (κ2) is 4.45. The smallest absolute Gasteiger partial charge is 0.148 e. The lowest BCUT2D eigenvalue weighted by Gasteiger charge is -1.97. The molecule has 2 nitrogen and oxygen atoms in total. The van der Waals surface area contributed by atoms with Crippen LogP contribution in [-0.2, 0) is 0 Å². The van der Waals surface area contributed by atoms with E-state index in [1.54, 1.807) is 24.4 Å². The number of hydrogen-bond acceptors (Lipinski definition) is 1. The number of fused-ring (bicyclic) bond motifs is 1. The highest BCUT2D eigenvalue weighted by atomic mass is 19.1. The van der Waals surface area contributed by atoms with Crippen molar-refractivity contribution in [2.75, 3.05) is 0 Å². The molecule has 1 N–H and O–H groups in total. The summed E-state index contributed by atoms with van der Waals surface area (Å²) in [5.74, 6) is -0.313. The first-order valence-corrected chi connectivity index (χ1v) is 5.69. The van der Waals surface area contributed by atoms with Crippen LogP contribution in [0.1, 0.15) is 5.56 Å². The molecule has 0 fully saturated rings. The molecule has 18 heavy (non-hydrogen) atoms. The average molecular weight is 238 g/mol. The van der Waals surface area contributed by atoms with E-state index < -0.39 is 0 Å². The highest BCUT2D eigenvalue weighted by Crippen LogP contribution is 2.19. The van der Waals surface area contributed by atoms with Crippen molar-refractivity contribution in [3.05, 3.63) is 66.1 Å². The van der Waals surface area contributed by atoms with E-state index in [1.165, 1.54) is 6.07 Å². The van der Waals surface area contributed by atoms with Gasteiger partial charge in [0, 0.05) is 23.4 Å². The van der Waals surface area contributed by atoms with Crippen molar-refractivity contribution in [3.63, 3.8) is 0 Å². The van der Waals surface area contributed by atoms with E-state index in [0.717, 1.165) is 16.5 Å². The minimum Gasteiger partial charge on any atom is -0.361 e. The van der Waals surface area contributed by atoms with E-state index in [9.17, 15) is 4.39 Å². The molecule has 2 aromatic carbocycles. The fraction of sp³-hybridized carbons (Fsp3) is 0. The third-order valence-electron chi connectivity index (χ3n) is 2.81. The molecule has 0 radical (unpaired) electrons. The molecular formula is C15H11FN2. The number of para-hydroxylation sites is 2. The van der Waals surface area contributed by atoms with E-state index in [-0.39, 0.29) is 5.82 Å². The third-order valence-corrected chi connectivity index (χ3v) is 2.81. The van der Waals surface area contributed by atoms with Gasteiger partial charge < -0.3 is 4.98 Å². The summed E-state index contributed by atoms with van der Waals surface area (Å²) in [5.41, 5.74) is 2.31.